The summed E-state index contributed by atoms with van der Waals surface area (Å²) in [6.07, 6.45) is 0.576. The van der Waals surface area contributed by atoms with E-state index in [4.69, 9.17) is 13.9 Å². The van der Waals surface area contributed by atoms with Crippen molar-refractivity contribution in [3.05, 3.63) is 59.5 Å². The Morgan fingerprint density at radius 1 is 1.26 bits per heavy atom. The topological polar surface area (TPSA) is 90.7 Å². The van der Waals surface area contributed by atoms with Crippen molar-refractivity contribution in [1.82, 2.24) is 10.3 Å². The number of carbonyl (C=O) groups excluding carboxylic acids is 2. The van der Waals surface area contributed by atoms with Gasteiger partial charge in [0.2, 0.25) is 0 Å². The van der Waals surface area contributed by atoms with Gasteiger partial charge in [-0.25, -0.2) is 9.78 Å². The normalized spacial score (nSPS) is 11.6. The SMILES string of the molecule is COc1ccc(-c2nc(C(=O)O[C@@H](C)C(=O)NCc3ccco3)cs2)cc1. The van der Waals surface area contributed by atoms with Crippen LogP contribution in [0.4, 0.5) is 0 Å². The van der Waals surface area contributed by atoms with Gasteiger partial charge in [-0.3, -0.25) is 4.79 Å². The zero-order valence-electron chi connectivity index (χ0n) is 14.8. The predicted octanol–water partition coefficient (Wildman–Crippen LogP) is 3.27. The molecule has 1 atom stereocenters. The molecule has 1 N–H and O–H groups in total. The van der Waals surface area contributed by atoms with Gasteiger partial charge in [0.1, 0.15) is 16.5 Å². The summed E-state index contributed by atoms with van der Waals surface area (Å²) >= 11 is 1.32. The molecule has 2 heterocycles. The molecule has 0 fully saturated rings. The molecule has 0 aliphatic heterocycles. The second-order valence-corrected chi connectivity index (χ2v) is 6.47. The first-order valence-corrected chi connectivity index (χ1v) is 9.06. The Kier molecular flexibility index (Phi) is 5.87. The molecule has 3 aromatic rings. The summed E-state index contributed by atoms with van der Waals surface area (Å²) in [7, 11) is 1.60. The van der Waals surface area contributed by atoms with Crippen molar-refractivity contribution in [2.45, 2.75) is 19.6 Å². The van der Waals surface area contributed by atoms with Crippen molar-refractivity contribution in [2.24, 2.45) is 0 Å². The molecule has 2 aromatic heterocycles. The summed E-state index contributed by atoms with van der Waals surface area (Å²) in [5, 5.41) is 4.93. The van der Waals surface area contributed by atoms with Gasteiger partial charge in [-0.2, -0.15) is 0 Å². The molecule has 0 saturated carbocycles. The molecule has 27 heavy (non-hydrogen) atoms. The van der Waals surface area contributed by atoms with Crippen molar-refractivity contribution < 1.29 is 23.5 Å². The maximum absolute atomic E-state index is 12.2. The van der Waals surface area contributed by atoms with Gasteiger partial charge < -0.3 is 19.2 Å². The number of rotatable bonds is 7. The smallest absolute Gasteiger partial charge is 0.358 e. The van der Waals surface area contributed by atoms with E-state index in [0.717, 1.165) is 11.3 Å². The quantitative estimate of drug-likeness (QED) is 0.627. The Balaban J connectivity index is 1.57. The van der Waals surface area contributed by atoms with Gasteiger partial charge in [-0.15, -0.1) is 11.3 Å². The second kappa shape index (κ2) is 8.50. The highest BCUT2D eigenvalue weighted by atomic mass is 32.1. The van der Waals surface area contributed by atoms with Crippen LogP contribution in [0.1, 0.15) is 23.2 Å². The zero-order valence-corrected chi connectivity index (χ0v) is 15.6. The van der Waals surface area contributed by atoms with E-state index in [1.54, 1.807) is 24.6 Å². The molecule has 0 aliphatic carbocycles. The Morgan fingerprint density at radius 2 is 2.04 bits per heavy atom. The Labute approximate surface area is 159 Å². The summed E-state index contributed by atoms with van der Waals surface area (Å²) in [5.41, 5.74) is 1.03. The van der Waals surface area contributed by atoms with E-state index in [2.05, 4.69) is 10.3 Å². The molecule has 1 amide bonds. The minimum absolute atomic E-state index is 0.163. The number of furan rings is 1. The highest BCUT2D eigenvalue weighted by Crippen LogP contribution is 2.26. The van der Waals surface area contributed by atoms with E-state index in [9.17, 15) is 9.59 Å². The van der Waals surface area contributed by atoms with Crippen molar-refractivity contribution in [2.75, 3.05) is 7.11 Å². The van der Waals surface area contributed by atoms with Crippen LogP contribution in [0.15, 0.2) is 52.5 Å². The van der Waals surface area contributed by atoms with Gasteiger partial charge in [-0.1, -0.05) is 0 Å². The number of thiazole rings is 1. The first-order chi connectivity index (χ1) is 13.1. The third kappa shape index (κ3) is 4.73. The number of carbonyl (C=O) groups is 2. The average Bonchev–Trinajstić information content (AvgIpc) is 3.38. The molecule has 0 bridgehead atoms. The Hall–Kier alpha value is -3.13. The number of benzene rings is 1. The molecular formula is C19H18N2O5S. The standard InChI is InChI=1S/C19H18N2O5S/c1-12(17(22)20-10-15-4-3-9-25-15)26-19(23)16-11-27-18(21-16)13-5-7-14(24-2)8-6-13/h3-9,11-12H,10H2,1-2H3,(H,20,22)/t12-/m0/s1. The second-order valence-electron chi connectivity index (χ2n) is 5.61. The van der Waals surface area contributed by atoms with Gasteiger partial charge >= 0.3 is 5.97 Å². The van der Waals surface area contributed by atoms with E-state index in [0.29, 0.717) is 10.8 Å². The van der Waals surface area contributed by atoms with E-state index in [-0.39, 0.29) is 12.2 Å². The number of esters is 1. The number of ether oxygens (including phenoxy) is 2. The van der Waals surface area contributed by atoms with Gasteiger partial charge in [0, 0.05) is 10.9 Å². The fraction of sp³-hybridized carbons (Fsp3) is 0.211. The van der Waals surface area contributed by atoms with Crippen LogP contribution >= 0.6 is 11.3 Å². The zero-order chi connectivity index (χ0) is 19.2. The number of aromatic nitrogens is 1. The predicted molar refractivity (Wildman–Crippen MR) is 99.5 cm³/mol. The number of hydrogen-bond acceptors (Lipinski definition) is 7. The van der Waals surface area contributed by atoms with Crippen molar-refractivity contribution in [1.29, 1.82) is 0 Å². The van der Waals surface area contributed by atoms with Crippen LogP contribution in [0, 0.1) is 0 Å². The van der Waals surface area contributed by atoms with Gasteiger partial charge in [0.05, 0.1) is 19.9 Å². The van der Waals surface area contributed by atoms with Crippen molar-refractivity contribution in [3.8, 4) is 16.3 Å². The third-order valence-electron chi connectivity index (χ3n) is 3.72. The summed E-state index contributed by atoms with van der Waals surface area (Å²) < 4.78 is 15.5. The maximum atomic E-state index is 12.2. The number of hydrogen-bond donors (Lipinski definition) is 1. The first-order valence-electron chi connectivity index (χ1n) is 8.18. The van der Waals surface area contributed by atoms with Crippen LogP contribution in [0.3, 0.4) is 0 Å². The number of nitrogens with zero attached hydrogens (tertiary/aromatic N) is 1. The molecule has 7 nitrogen and oxygen atoms in total. The van der Waals surface area contributed by atoms with E-state index in [1.807, 2.05) is 24.3 Å². The monoisotopic (exact) mass is 386 g/mol. The molecule has 3 rings (SSSR count). The lowest BCUT2D eigenvalue weighted by molar-refractivity contribution is -0.129. The minimum atomic E-state index is -0.946. The fourth-order valence-corrected chi connectivity index (χ4v) is 3.03. The van der Waals surface area contributed by atoms with E-state index < -0.39 is 18.0 Å². The lowest BCUT2D eigenvalue weighted by Gasteiger charge is -2.12. The summed E-state index contributed by atoms with van der Waals surface area (Å²) in [6, 6.07) is 10.8. The molecule has 0 radical (unpaired) electrons. The van der Waals surface area contributed by atoms with Crippen LogP contribution in [0.2, 0.25) is 0 Å². The first kappa shape index (κ1) is 18.7. The van der Waals surface area contributed by atoms with E-state index in [1.165, 1.54) is 24.5 Å². The molecular weight excluding hydrogens is 368 g/mol. The minimum Gasteiger partial charge on any atom is -0.497 e. The van der Waals surface area contributed by atoms with Crippen LogP contribution < -0.4 is 10.1 Å². The molecule has 140 valence electrons. The highest BCUT2D eigenvalue weighted by molar-refractivity contribution is 7.13. The number of amides is 1. The maximum Gasteiger partial charge on any atom is 0.358 e. The molecule has 0 unspecified atom stereocenters. The Morgan fingerprint density at radius 3 is 2.70 bits per heavy atom. The van der Waals surface area contributed by atoms with Crippen LogP contribution in [0.25, 0.3) is 10.6 Å². The number of nitrogens with one attached hydrogen (secondary N) is 1. The van der Waals surface area contributed by atoms with Gasteiger partial charge in [-0.05, 0) is 43.3 Å². The van der Waals surface area contributed by atoms with Crippen LogP contribution in [0.5, 0.6) is 5.75 Å². The van der Waals surface area contributed by atoms with E-state index >= 15 is 0 Å². The lowest BCUT2D eigenvalue weighted by Crippen LogP contribution is -2.35. The molecule has 0 spiro atoms. The summed E-state index contributed by atoms with van der Waals surface area (Å²) in [5.74, 6) is 0.298. The highest BCUT2D eigenvalue weighted by Gasteiger charge is 2.21. The van der Waals surface area contributed by atoms with Crippen LogP contribution in [-0.2, 0) is 16.1 Å². The fourth-order valence-electron chi connectivity index (χ4n) is 2.24. The van der Waals surface area contributed by atoms with Crippen LogP contribution in [-0.4, -0.2) is 30.1 Å². The van der Waals surface area contributed by atoms with Gasteiger partial charge in [0.15, 0.2) is 11.8 Å². The summed E-state index contributed by atoms with van der Waals surface area (Å²) in [6.45, 7) is 1.73. The summed E-state index contributed by atoms with van der Waals surface area (Å²) in [4.78, 5) is 28.6. The molecule has 0 aliphatic rings. The molecule has 8 heteroatoms. The third-order valence-corrected chi connectivity index (χ3v) is 4.61. The molecule has 1 aromatic carbocycles. The molecule has 0 saturated heterocycles. The van der Waals surface area contributed by atoms with Crippen molar-refractivity contribution >= 4 is 23.2 Å². The number of methoxy groups -OCH3 is 1. The lowest BCUT2D eigenvalue weighted by atomic mass is 10.2. The van der Waals surface area contributed by atoms with Gasteiger partial charge in [0.25, 0.3) is 5.91 Å². The Bertz CT molecular complexity index is 903. The average molecular weight is 386 g/mol. The largest absolute Gasteiger partial charge is 0.497 e. The van der Waals surface area contributed by atoms with Crippen molar-refractivity contribution in [3.63, 3.8) is 0 Å².